The quantitative estimate of drug-likeness (QED) is 0.376. The second-order valence-electron chi connectivity index (χ2n) is 8.79. The maximum absolute atomic E-state index is 12.8. The van der Waals surface area contributed by atoms with Gasteiger partial charge in [0, 0.05) is 67.3 Å². The maximum Gasteiger partial charge on any atom is 0.253 e. The minimum atomic E-state index is -0.170. The van der Waals surface area contributed by atoms with Gasteiger partial charge in [-0.05, 0) is 42.5 Å². The van der Waals surface area contributed by atoms with E-state index in [4.69, 9.17) is 14.2 Å². The van der Waals surface area contributed by atoms with Gasteiger partial charge in [0.1, 0.15) is 5.82 Å². The lowest BCUT2D eigenvalue weighted by atomic mass is 10.1. The summed E-state index contributed by atoms with van der Waals surface area (Å²) in [6, 6.07) is 17.9. The Hall–Kier alpha value is -4.40. The van der Waals surface area contributed by atoms with Gasteiger partial charge in [0.2, 0.25) is 5.75 Å². The molecule has 2 aromatic heterocycles. The number of nitrogens with one attached hydrogen (secondary N) is 2. The van der Waals surface area contributed by atoms with Gasteiger partial charge in [0.05, 0.1) is 26.8 Å². The highest BCUT2D eigenvalue weighted by Crippen LogP contribution is 2.42. The second-order valence-corrected chi connectivity index (χ2v) is 8.79. The molecule has 9 heteroatoms. The minimum absolute atomic E-state index is 0.170. The summed E-state index contributed by atoms with van der Waals surface area (Å²) < 4.78 is 16.5. The summed E-state index contributed by atoms with van der Waals surface area (Å²) in [5.41, 5.74) is 3.16. The SMILES string of the molecule is COc1cc2[nH]c(=O)c(CNc3ccc(N4CCN(c5ccccn5)CC4)cc3)cc2c(OC)c1OC. The number of anilines is 3. The van der Waals surface area contributed by atoms with Gasteiger partial charge in [-0.25, -0.2) is 4.98 Å². The predicted octanol–water partition coefficient (Wildman–Crippen LogP) is 3.89. The summed E-state index contributed by atoms with van der Waals surface area (Å²) in [6.07, 6.45) is 1.84. The van der Waals surface area contributed by atoms with E-state index >= 15 is 0 Å². The molecule has 0 amide bonds. The van der Waals surface area contributed by atoms with Gasteiger partial charge in [-0.2, -0.15) is 0 Å². The van der Waals surface area contributed by atoms with Crippen LogP contribution >= 0.6 is 0 Å². The molecule has 37 heavy (non-hydrogen) atoms. The van der Waals surface area contributed by atoms with Crippen molar-refractivity contribution >= 4 is 28.1 Å². The van der Waals surface area contributed by atoms with Crippen LogP contribution in [0.25, 0.3) is 10.9 Å². The number of hydrogen-bond acceptors (Lipinski definition) is 8. The molecule has 1 saturated heterocycles. The summed E-state index contributed by atoms with van der Waals surface area (Å²) in [7, 11) is 4.68. The lowest BCUT2D eigenvalue weighted by molar-refractivity contribution is 0.327. The molecule has 0 unspecified atom stereocenters. The normalized spacial score (nSPS) is 13.5. The van der Waals surface area contributed by atoms with Crippen LogP contribution in [0.2, 0.25) is 0 Å². The molecular weight excluding hydrogens is 470 g/mol. The first-order chi connectivity index (χ1) is 18.1. The molecule has 0 spiro atoms. The molecule has 2 N–H and O–H groups in total. The zero-order chi connectivity index (χ0) is 25.8. The third-order valence-corrected chi connectivity index (χ3v) is 6.70. The van der Waals surface area contributed by atoms with Crippen LogP contribution in [0.3, 0.4) is 0 Å². The number of fused-ring (bicyclic) bond motifs is 1. The highest BCUT2D eigenvalue weighted by atomic mass is 16.5. The average molecular weight is 502 g/mol. The van der Waals surface area contributed by atoms with Crippen molar-refractivity contribution in [2.45, 2.75) is 6.54 Å². The number of methoxy groups -OCH3 is 3. The molecule has 0 atom stereocenters. The Morgan fingerprint density at radius 3 is 2.27 bits per heavy atom. The third-order valence-electron chi connectivity index (χ3n) is 6.70. The van der Waals surface area contributed by atoms with Gasteiger partial charge in [-0.1, -0.05) is 6.07 Å². The van der Waals surface area contributed by atoms with E-state index in [0.717, 1.165) is 43.1 Å². The zero-order valence-corrected chi connectivity index (χ0v) is 21.3. The molecular formula is C28H31N5O4. The smallest absolute Gasteiger partial charge is 0.253 e. The lowest BCUT2D eigenvalue weighted by Crippen LogP contribution is -2.46. The van der Waals surface area contributed by atoms with E-state index < -0.39 is 0 Å². The van der Waals surface area contributed by atoms with E-state index in [-0.39, 0.29) is 5.56 Å². The summed E-state index contributed by atoms with van der Waals surface area (Å²) in [6.45, 7) is 4.10. The van der Waals surface area contributed by atoms with Crippen molar-refractivity contribution in [3.05, 3.63) is 76.7 Å². The first kappa shape index (κ1) is 24.3. The van der Waals surface area contributed by atoms with E-state index in [9.17, 15) is 4.79 Å². The second kappa shape index (κ2) is 10.7. The van der Waals surface area contributed by atoms with Crippen LogP contribution in [0.5, 0.6) is 17.2 Å². The molecule has 192 valence electrons. The largest absolute Gasteiger partial charge is 0.493 e. The van der Waals surface area contributed by atoms with Gasteiger partial charge < -0.3 is 34.3 Å². The number of pyridine rings is 2. The molecule has 0 saturated carbocycles. The van der Waals surface area contributed by atoms with Crippen LogP contribution in [-0.4, -0.2) is 57.5 Å². The van der Waals surface area contributed by atoms with Crippen molar-refractivity contribution in [3.63, 3.8) is 0 Å². The van der Waals surface area contributed by atoms with Gasteiger partial charge in [0.25, 0.3) is 5.56 Å². The Morgan fingerprint density at radius 2 is 1.62 bits per heavy atom. The fourth-order valence-corrected chi connectivity index (χ4v) is 4.72. The lowest BCUT2D eigenvalue weighted by Gasteiger charge is -2.36. The van der Waals surface area contributed by atoms with Gasteiger partial charge >= 0.3 is 0 Å². The van der Waals surface area contributed by atoms with Crippen LogP contribution in [0.15, 0.2) is 65.6 Å². The molecule has 1 aliphatic heterocycles. The molecule has 1 aliphatic rings. The summed E-state index contributed by atoms with van der Waals surface area (Å²) in [5.74, 6) is 2.52. The highest BCUT2D eigenvalue weighted by Gasteiger charge is 2.19. The number of rotatable bonds is 8. The van der Waals surface area contributed by atoms with Crippen molar-refractivity contribution in [2.24, 2.45) is 0 Å². The maximum atomic E-state index is 12.8. The molecule has 0 bridgehead atoms. The number of nitrogens with zero attached hydrogens (tertiary/aromatic N) is 3. The number of H-pyrrole nitrogens is 1. The van der Waals surface area contributed by atoms with Crippen molar-refractivity contribution in [1.82, 2.24) is 9.97 Å². The molecule has 9 nitrogen and oxygen atoms in total. The predicted molar refractivity (Wildman–Crippen MR) is 147 cm³/mol. The molecule has 2 aromatic carbocycles. The minimum Gasteiger partial charge on any atom is -0.493 e. The van der Waals surface area contributed by atoms with E-state index in [0.29, 0.717) is 34.9 Å². The molecule has 5 rings (SSSR count). The Labute approximate surface area is 215 Å². The molecule has 4 aromatic rings. The van der Waals surface area contributed by atoms with Crippen molar-refractivity contribution in [2.75, 3.05) is 62.6 Å². The van der Waals surface area contributed by atoms with Crippen LogP contribution < -0.4 is 34.9 Å². The van der Waals surface area contributed by atoms with E-state index in [1.165, 1.54) is 5.69 Å². The Kier molecular flexibility index (Phi) is 7.02. The highest BCUT2D eigenvalue weighted by molar-refractivity contribution is 5.90. The van der Waals surface area contributed by atoms with Gasteiger partial charge in [-0.15, -0.1) is 0 Å². The Morgan fingerprint density at radius 1 is 0.892 bits per heavy atom. The number of ether oxygens (including phenoxy) is 3. The molecule has 3 heterocycles. The van der Waals surface area contributed by atoms with E-state index in [2.05, 4.69) is 43.3 Å². The summed E-state index contributed by atoms with van der Waals surface area (Å²) in [4.78, 5) is 24.9. The van der Waals surface area contributed by atoms with Crippen LogP contribution in [-0.2, 0) is 6.54 Å². The zero-order valence-electron chi connectivity index (χ0n) is 21.3. The van der Waals surface area contributed by atoms with Crippen molar-refractivity contribution < 1.29 is 14.2 Å². The first-order valence-electron chi connectivity index (χ1n) is 12.2. The van der Waals surface area contributed by atoms with E-state index in [1.54, 1.807) is 27.4 Å². The fraction of sp³-hybridized carbons (Fsp3) is 0.286. The number of benzene rings is 2. The van der Waals surface area contributed by atoms with Crippen LogP contribution in [0.4, 0.5) is 17.2 Å². The van der Waals surface area contributed by atoms with Gasteiger partial charge in [-0.3, -0.25) is 4.79 Å². The van der Waals surface area contributed by atoms with E-state index in [1.807, 2.05) is 36.5 Å². The molecule has 1 fully saturated rings. The molecule has 0 aliphatic carbocycles. The third kappa shape index (κ3) is 4.97. The van der Waals surface area contributed by atoms with Crippen molar-refractivity contribution in [1.29, 1.82) is 0 Å². The number of hydrogen-bond donors (Lipinski definition) is 2. The first-order valence-corrected chi connectivity index (χ1v) is 12.2. The molecule has 0 radical (unpaired) electrons. The number of aromatic nitrogens is 2. The number of piperazine rings is 1. The number of aromatic amines is 1. The average Bonchev–Trinajstić information content (AvgIpc) is 2.96. The Bertz CT molecular complexity index is 1410. The van der Waals surface area contributed by atoms with Crippen LogP contribution in [0, 0.1) is 0 Å². The summed E-state index contributed by atoms with van der Waals surface area (Å²) in [5, 5.41) is 4.11. The van der Waals surface area contributed by atoms with Crippen molar-refractivity contribution in [3.8, 4) is 17.2 Å². The standard InChI is InChI=1S/C28H31N5O4/c1-35-24-17-23-22(26(36-2)27(24)37-3)16-19(28(34)31-23)18-30-20-7-9-21(10-8-20)32-12-14-33(15-13-32)25-6-4-5-11-29-25/h4-11,16-17,30H,12-15,18H2,1-3H3,(H,31,34). The fourth-order valence-electron chi connectivity index (χ4n) is 4.72. The van der Waals surface area contributed by atoms with Gasteiger partial charge in [0.15, 0.2) is 11.5 Å². The monoisotopic (exact) mass is 501 g/mol. The Balaban J connectivity index is 1.26. The summed E-state index contributed by atoms with van der Waals surface area (Å²) >= 11 is 0. The van der Waals surface area contributed by atoms with Crippen LogP contribution in [0.1, 0.15) is 5.56 Å². The topological polar surface area (TPSA) is 92.0 Å².